The standard InChI is InChI=1S/2C30H26ClF3N4O5.CH4/c2*1-42-29(41)37-14-4-5-20(16-37)19-12-10-18(11-13-19)17-43-26-21(6-2-7-23(26)31)24-8-3-9-25(36-24)38-27(30(32,33)34)22(15-35-38)28(39)40;/h2*2-3,6-13,15,20H,4-5,14,16-17H2,1H3,(H,39,40);1H4. The second-order valence-electron chi connectivity index (χ2n) is 19.8. The number of hydrogen-bond acceptors (Lipinski definition) is 12. The molecule has 2 amide bonds. The molecule has 4 aromatic carbocycles. The summed E-state index contributed by atoms with van der Waals surface area (Å²) in [6, 6.07) is 34.3. The SMILES string of the molecule is C.COC(=O)N1CCCC(c2ccc(COc3c(Cl)cccc3-c3cccc(-n4ncc(C(=O)O)c4C(F)(F)F)n3)cc2)C1.COC(=O)N1CCCC(c2ccc(COc3c(Cl)cccc3-c3cccc(-n4ncc(C(=O)O)c4C(F)(F)F)n3)cc2)C1. The summed E-state index contributed by atoms with van der Waals surface area (Å²) in [6.07, 6.45) is -5.68. The molecule has 2 fully saturated rings. The molecule has 0 saturated carbocycles. The van der Waals surface area contributed by atoms with Crippen molar-refractivity contribution in [2.24, 2.45) is 0 Å². The van der Waals surface area contributed by atoms with E-state index < -0.39 is 46.8 Å². The van der Waals surface area contributed by atoms with Gasteiger partial charge in [0, 0.05) is 49.1 Å². The van der Waals surface area contributed by atoms with Gasteiger partial charge in [0.1, 0.15) is 35.8 Å². The number of likely N-dealkylation sites (tertiary alicyclic amines) is 2. The van der Waals surface area contributed by atoms with E-state index in [1.807, 2.05) is 48.5 Å². The van der Waals surface area contributed by atoms with Crippen molar-refractivity contribution in [2.45, 2.75) is 70.5 Å². The Morgan fingerprint density at radius 1 is 0.552 bits per heavy atom. The van der Waals surface area contributed by atoms with E-state index in [0.717, 1.165) is 47.9 Å². The number of amides is 2. The number of carbonyl (C=O) groups excluding carboxylic acids is 2. The van der Waals surface area contributed by atoms with Crippen molar-refractivity contribution in [1.29, 1.82) is 0 Å². The number of rotatable bonds is 14. The Hall–Kier alpha value is -9.16. The summed E-state index contributed by atoms with van der Waals surface area (Å²) in [7, 11) is 2.75. The van der Waals surface area contributed by atoms with E-state index in [2.05, 4.69) is 20.2 Å². The zero-order chi connectivity index (χ0) is 61.5. The van der Waals surface area contributed by atoms with Crippen molar-refractivity contribution in [3.63, 3.8) is 0 Å². The highest BCUT2D eigenvalue weighted by atomic mass is 35.5. The molecular weight excluding hydrogens is 1190 g/mol. The average molecular weight is 1250 g/mol. The first-order valence-electron chi connectivity index (χ1n) is 26.5. The van der Waals surface area contributed by atoms with Gasteiger partial charge in [-0.2, -0.15) is 36.5 Å². The van der Waals surface area contributed by atoms with Gasteiger partial charge in [0.25, 0.3) is 0 Å². The number of hydrogen-bond donors (Lipinski definition) is 2. The fourth-order valence-corrected chi connectivity index (χ4v) is 10.6. The largest absolute Gasteiger partial charge is 0.487 e. The third-order valence-electron chi connectivity index (χ3n) is 14.3. The second kappa shape index (κ2) is 27.5. The van der Waals surface area contributed by atoms with Gasteiger partial charge in [-0.1, -0.05) is 103 Å². The van der Waals surface area contributed by atoms with E-state index in [4.69, 9.17) is 42.1 Å². The first-order chi connectivity index (χ1) is 41.1. The molecule has 0 spiro atoms. The van der Waals surface area contributed by atoms with E-state index in [1.165, 1.54) is 38.5 Å². The number of nitrogens with zero attached hydrogens (tertiary/aromatic N) is 8. The number of pyridine rings is 2. The minimum atomic E-state index is -4.99. The summed E-state index contributed by atoms with van der Waals surface area (Å²) >= 11 is 13.0. The average Bonchev–Trinajstić information content (AvgIpc) is 2.88. The number of alkyl halides is 6. The second-order valence-corrected chi connectivity index (χ2v) is 20.6. The topological polar surface area (TPSA) is 214 Å². The summed E-state index contributed by atoms with van der Waals surface area (Å²) in [5, 5.41) is 26.3. The number of carboxylic acid groups (broad SMARTS) is 2. The van der Waals surface area contributed by atoms with Gasteiger partial charge in [-0.3, -0.25) is 0 Å². The zero-order valence-corrected chi connectivity index (χ0v) is 47.2. The van der Waals surface area contributed by atoms with Gasteiger partial charge in [-0.25, -0.2) is 38.5 Å². The van der Waals surface area contributed by atoms with Crippen molar-refractivity contribution >= 4 is 47.3 Å². The molecule has 0 aliphatic carbocycles. The lowest BCUT2D eigenvalue weighted by Crippen LogP contribution is -2.38. The maximum Gasteiger partial charge on any atom is 0.434 e. The molecule has 0 radical (unpaired) electrons. The number of piperidine rings is 2. The fourth-order valence-electron chi connectivity index (χ4n) is 10.2. The highest BCUT2D eigenvalue weighted by molar-refractivity contribution is 6.33. The summed E-state index contributed by atoms with van der Waals surface area (Å²) < 4.78 is 105. The number of halogens is 8. The Kier molecular flexibility index (Phi) is 20.2. The van der Waals surface area contributed by atoms with Crippen LogP contribution >= 0.6 is 23.2 Å². The maximum absolute atomic E-state index is 13.8. The number of aromatic nitrogens is 6. The van der Waals surface area contributed by atoms with Crippen LogP contribution in [0.2, 0.25) is 10.0 Å². The molecule has 2 atom stereocenters. The molecule has 18 nitrogen and oxygen atoms in total. The number of carbonyl (C=O) groups is 4. The van der Waals surface area contributed by atoms with Crippen LogP contribution in [0.15, 0.2) is 134 Å². The van der Waals surface area contributed by atoms with E-state index in [9.17, 15) is 55.7 Å². The number of carboxylic acids is 2. The van der Waals surface area contributed by atoms with E-state index in [-0.39, 0.29) is 89.2 Å². The number of para-hydroxylation sites is 2. The van der Waals surface area contributed by atoms with Gasteiger partial charge in [-0.15, -0.1) is 0 Å². The van der Waals surface area contributed by atoms with Crippen LogP contribution < -0.4 is 9.47 Å². The van der Waals surface area contributed by atoms with Gasteiger partial charge in [0.15, 0.2) is 23.0 Å². The molecule has 2 aliphatic rings. The number of aromatic carboxylic acids is 2. The molecule has 2 unspecified atom stereocenters. The fraction of sp³-hybridized carbons (Fsp3) is 0.279. The molecular formula is C61H56Cl2F6N8O10. The van der Waals surface area contributed by atoms with Crippen molar-refractivity contribution in [3.05, 3.63) is 189 Å². The smallest absolute Gasteiger partial charge is 0.434 e. The predicted molar refractivity (Wildman–Crippen MR) is 308 cm³/mol. The van der Waals surface area contributed by atoms with Crippen LogP contribution in [-0.4, -0.2) is 114 Å². The van der Waals surface area contributed by atoms with Gasteiger partial charge in [0.05, 0.1) is 48.0 Å². The molecule has 10 rings (SSSR count). The van der Waals surface area contributed by atoms with Crippen LogP contribution in [-0.2, 0) is 35.0 Å². The Bertz CT molecular complexity index is 3530. The van der Waals surface area contributed by atoms with Crippen LogP contribution in [0.25, 0.3) is 34.2 Å². The third kappa shape index (κ3) is 14.7. The van der Waals surface area contributed by atoms with Crippen LogP contribution in [0.4, 0.5) is 35.9 Å². The first kappa shape index (κ1) is 63.9. The van der Waals surface area contributed by atoms with E-state index in [0.29, 0.717) is 59.1 Å². The number of ether oxygens (including phenoxy) is 4. The first-order valence-corrected chi connectivity index (χ1v) is 27.3. The van der Waals surface area contributed by atoms with Gasteiger partial charge < -0.3 is 39.0 Å². The van der Waals surface area contributed by atoms with Crippen LogP contribution in [0.1, 0.15) is 99.3 Å². The normalized spacial score (nSPS) is 15.1. The van der Waals surface area contributed by atoms with Crippen LogP contribution in [0.3, 0.4) is 0 Å². The van der Waals surface area contributed by atoms with Crippen molar-refractivity contribution < 1.29 is 74.7 Å². The summed E-state index contributed by atoms with van der Waals surface area (Å²) in [5.74, 6) is -3.03. The van der Waals surface area contributed by atoms with Gasteiger partial charge in [-0.05, 0) is 96.5 Å². The van der Waals surface area contributed by atoms with E-state index in [1.54, 1.807) is 58.3 Å². The highest BCUT2D eigenvalue weighted by Crippen LogP contribution is 2.41. The third-order valence-corrected chi connectivity index (χ3v) is 14.9. The Morgan fingerprint density at radius 3 is 1.26 bits per heavy atom. The minimum Gasteiger partial charge on any atom is -0.487 e. The summed E-state index contributed by atoms with van der Waals surface area (Å²) in [6.45, 7) is 2.80. The lowest BCUT2D eigenvalue weighted by atomic mass is 9.90. The molecule has 8 aromatic rings. The molecule has 6 heterocycles. The molecule has 2 N–H and O–H groups in total. The Labute approximate surface area is 504 Å². The quantitative estimate of drug-likeness (QED) is 0.0970. The maximum atomic E-state index is 13.8. The Morgan fingerprint density at radius 2 is 0.920 bits per heavy atom. The molecule has 26 heteroatoms. The highest BCUT2D eigenvalue weighted by Gasteiger charge is 2.42. The minimum absolute atomic E-state index is 0. The lowest BCUT2D eigenvalue weighted by Gasteiger charge is -2.32. The van der Waals surface area contributed by atoms with Crippen molar-refractivity contribution in [1.82, 2.24) is 39.3 Å². The van der Waals surface area contributed by atoms with Crippen molar-refractivity contribution in [2.75, 3.05) is 40.4 Å². The van der Waals surface area contributed by atoms with E-state index >= 15 is 0 Å². The van der Waals surface area contributed by atoms with Gasteiger partial charge in [0.2, 0.25) is 0 Å². The summed E-state index contributed by atoms with van der Waals surface area (Å²) in [5.41, 5.74) is 0.392. The van der Waals surface area contributed by atoms with Crippen LogP contribution in [0.5, 0.6) is 11.5 Å². The van der Waals surface area contributed by atoms with Gasteiger partial charge >= 0.3 is 36.5 Å². The summed E-state index contributed by atoms with van der Waals surface area (Å²) in [4.78, 5) is 58.8. The van der Waals surface area contributed by atoms with Crippen molar-refractivity contribution in [3.8, 4) is 45.6 Å². The number of methoxy groups -OCH3 is 2. The van der Waals surface area contributed by atoms with Crippen LogP contribution in [0, 0.1) is 0 Å². The number of benzene rings is 4. The molecule has 2 saturated heterocycles. The zero-order valence-electron chi connectivity index (χ0n) is 45.7. The molecule has 456 valence electrons. The molecule has 2 aliphatic heterocycles. The molecule has 0 bridgehead atoms. The molecule has 4 aromatic heterocycles. The lowest BCUT2D eigenvalue weighted by molar-refractivity contribution is -0.144. The molecule has 87 heavy (non-hydrogen) atoms. The Balaban J connectivity index is 0.000000223. The predicted octanol–water partition coefficient (Wildman–Crippen LogP) is 14.3. The monoisotopic (exact) mass is 1240 g/mol.